The van der Waals surface area contributed by atoms with Gasteiger partial charge in [0.2, 0.25) is 11.8 Å². The molecule has 24 heavy (non-hydrogen) atoms. The number of ether oxygens (including phenoxy) is 2. The van der Waals surface area contributed by atoms with Gasteiger partial charge in [-0.05, 0) is 13.3 Å². The average Bonchev–Trinajstić information content (AvgIpc) is 2.53. The predicted octanol–water partition coefficient (Wildman–Crippen LogP) is 1.17. The molecule has 0 aliphatic heterocycles. The number of anilines is 1. The lowest BCUT2D eigenvalue weighted by molar-refractivity contribution is -0.151. The number of fused-ring (bicyclic) bond motifs is 1. The molecule has 0 amide bonds. The number of esters is 1. The van der Waals surface area contributed by atoms with Gasteiger partial charge in [-0.3, -0.25) is 4.79 Å². The van der Waals surface area contributed by atoms with Crippen LogP contribution >= 0.6 is 0 Å². The van der Waals surface area contributed by atoms with E-state index >= 15 is 0 Å². The number of nitrogens with zero attached hydrogens (tertiary/aromatic N) is 4. The van der Waals surface area contributed by atoms with Crippen LogP contribution < -0.4 is 10.5 Å². The molecule has 9 heteroatoms. The van der Waals surface area contributed by atoms with Gasteiger partial charge >= 0.3 is 5.97 Å². The van der Waals surface area contributed by atoms with Crippen LogP contribution in [0.1, 0.15) is 45.4 Å². The molecule has 0 saturated heterocycles. The molecule has 0 aliphatic rings. The van der Waals surface area contributed by atoms with Crippen molar-refractivity contribution in [1.29, 1.82) is 0 Å². The number of hydrogen-bond donors (Lipinski definition) is 2. The van der Waals surface area contributed by atoms with Gasteiger partial charge in [-0.1, -0.05) is 13.3 Å². The first-order valence-electron chi connectivity index (χ1n) is 7.70. The topological polar surface area (TPSA) is 133 Å². The fourth-order valence-corrected chi connectivity index (χ4v) is 2.04. The monoisotopic (exact) mass is 335 g/mol. The summed E-state index contributed by atoms with van der Waals surface area (Å²) in [5.41, 5.74) is 6.45. The Morgan fingerprint density at radius 1 is 1.38 bits per heavy atom. The van der Waals surface area contributed by atoms with Crippen LogP contribution in [0.3, 0.4) is 0 Å². The molecule has 2 atom stereocenters. The number of unbranched alkanes of at least 4 members (excludes halogenated alkanes) is 1. The van der Waals surface area contributed by atoms with Crippen molar-refractivity contribution in [3.8, 4) is 5.88 Å². The highest BCUT2D eigenvalue weighted by atomic mass is 16.6. The van der Waals surface area contributed by atoms with E-state index in [1.165, 1.54) is 13.1 Å². The van der Waals surface area contributed by atoms with E-state index in [1.807, 2.05) is 6.92 Å². The van der Waals surface area contributed by atoms with E-state index in [4.69, 9.17) is 15.2 Å². The number of nitrogen functional groups attached to an aromatic ring is 1. The van der Waals surface area contributed by atoms with Gasteiger partial charge in [-0.25, -0.2) is 9.97 Å². The summed E-state index contributed by atoms with van der Waals surface area (Å²) >= 11 is 0. The number of aliphatic hydroxyl groups is 1. The van der Waals surface area contributed by atoms with Gasteiger partial charge < -0.3 is 20.3 Å². The van der Waals surface area contributed by atoms with Crippen molar-refractivity contribution in [1.82, 2.24) is 19.9 Å². The summed E-state index contributed by atoms with van der Waals surface area (Å²) < 4.78 is 10.6. The molecule has 0 radical (unpaired) electrons. The second-order valence-electron chi connectivity index (χ2n) is 5.32. The molecular formula is C15H21N5O4. The zero-order chi connectivity index (χ0) is 17.7. The Morgan fingerprint density at radius 2 is 2.12 bits per heavy atom. The Kier molecular flexibility index (Phi) is 5.80. The number of rotatable bonds is 7. The van der Waals surface area contributed by atoms with Crippen molar-refractivity contribution in [3.63, 3.8) is 0 Å². The van der Waals surface area contributed by atoms with Crippen LogP contribution in [-0.2, 0) is 9.53 Å². The van der Waals surface area contributed by atoms with E-state index in [2.05, 4.69) is 19.9 Å². The normalized spacial score (nSPS) is 13.5. The average molecular weight is 335 g/mol. The number of aliphatic hydroxyl groups excluding tert-OH is 1. The molecule has 3 N–H and O–H groups in total. The van der Waals surface area contributed by atoms with E-state index in [1.54, 1.807) is 6.92 Å². The molecule has 0 aromatic carbocycles. The molecule has 0 spiro atoms. The summed E-state index contributed by atoms with van der Waals surface area (Å²) in [6.45, 7) is 5.34. The standard InChI is InChI=1S/C15H21N5O4/c1-4-5-6-23-14-11-13(19-15(16)20-14)17-7-10(18-11)12(22)8(2)24-9(3)21/h7-8,12,22H,4-6H2,1-3H3,(H2,16,17,19,20). The van der Waals surface area contributed by atoms with Gasteiger partial charge in [-0.15, -0.1) is 0 Å². The maximum Gasteiger partial charge on any atom is 0.302 e. The molecule has 2 unspecified atom stereocenters. The van der Waals surface area contributed by atoms with Crippen LogP contribution in [0.5, 0.6) is 5.88 Å². The van der Waals surface area contributed by atoms with Crippen molar-refractivity contribution in [2.75, 3.05) is 12.3 Å². The first-order valence-corrected chi connectivity index (χ1v) is 7.70. The first kappa shape index (κ1) is 17.8. The summed E-state index contributed by atoms with van der Waals surface area (Å²) in [7, 11) is 0. The molecule has 0 bridgehead atoms. The van der Waals surface area contributed by atoms with E-state index < -0.39 is 18.2 Å². The van der Waals surface area contributed by atoms with Crippen LogP contribution in [0.25, 0.3) is 11.2 Å². The summed E-state index contributed by atoms with van der Waals surface area (Å²) in [5.74, 6) is -0.243. The molecule has 130 valence electrons. The van der Waals surface area contributed by atoms with Crippen molar-refractivity contribution in [2.24, 2.45) is 0 Å². The van der Waals surface area contributed by atoms with Crippen molar-refractivity contribution in [2.45, 2.75) is 45.8 Å². The Bertz CT molecular complexity index is 724. The quantitative estimate of drug-likeness (QED) is 0.564. The highest BCUT2D eigenvalue weighted by molar-refractivity contribution is 5.76. The first-order chi connectivity index (χ1) is 11.4. The Labute approximate surface area is 139 Å². The second-order valence-corrected chi connectivity index (χ2v) is 5.32. The number of aromatic nitrogens is 4. The van der Waals surface area contributed by atoms with Crippen molar-refractivity contribution < 1.29 is 19.4 Å². The Balaban J connectivity index is 2.35. The van der Waals surface area contributed by atoms with Crippen molar-refractivity contribution in [3.05, 3.63) is 11.9 Å². The van der Waals surface area contributed by atoms with E-state index in [9.17, 15) is 9.90 Å². The van der Waals surface area contributed by atoms with E-state index in [0.29, 0.717) is 12.1 Å². The summed E-state index contributed by atoms with van der Waals surface area (Å²) in [4.78, 5) is 27.5. The van der Waals surface area contributed by atoms with Gasteiger partial charge in [0, 0.05) is 6.92 Å². The zero-order valence-electron chi connectivity index (χ0n) is 13.9. The van der Waals surface area contributed by atoms with Crippen molar-refractivity contribution >= 4 is 23.1 Å². The SMILES string of the molecule is CCCCOc1nc(N)nc2ncc(C(O)C(C)OC(C)=O)nc12. The molecule has 2 heterocycles. The molecule has 2 aromatic heterocycles. The minimum atomic E-state index is -1.13. The van der Waals surface area contributed by atoms with Gasteiger partial charge in [0.05, 0.1) is 18.5 Å². The molecule has 0 aliphatic carbocycles. The third-order valence-corrected chi connectivity index (χ3v) is 3.25. The molecule has 9 nitrogen and oxygen atoms in total. The third kappa shape index (κ3) is 4.25. The zero-order valence-corrected chi connectivity index (χ0v) is 13.9. The van der Waals surface area contributed by atoms with Gasteiger partial charge in [0.15, 0.2) is 11.2 Å². The number of hydrogen-bond acceptors (Lipinski definition) is 9. The summed E-state index contributed by atoms with van der Waals surface area (Å²) in [6, 6.07) is 0. The van der Waals surface area contributed by atoms with E-state index in [-0.39, 0.29) is 23.2 Å². The number of carbonyl (C=O) groups is 1. The van der Waals surface area contributed by atoms with Crippen LogP contribution in [0, 0.1) is 0 Å². The minimum Gasteiger partial charge on any atom is -0.476 e. The number of nitrogens with two attached hydrogens (primary N) is 1. The van der Waals surface area contributed by atoms with Crippen LogP contribution in [0.4, 0.5) is 5.95 Å². The van der Waals surface area contributed by atoms with E-state index in [0.717, 1.165) is 12.8 Å². The maximum absolute atomic E-state index is 11.0. The molecular weight excluding hydrogens is 314 g/mol. The predicted molar refractivity (Wildman–Crippen MR) is 86.1 cm³/mol. The molecule has 0 saturated carbocycles. The highest BCUT2D eigenvalue weighted by Crippen LogP contribution is 2.24. The highest BCUT2D eigenvalue weighted by Gasteiger charge is 2.22. The Morgan fingerprint density at radius 3 is 2.79 bits per heavy atom. The van der Waals surface area contributed by atoms with Gasteiger partial charge in [0.25, 0.3) is 0 Å². The van der Waals surface area contributed by atoms with Gasteiger partial charge in [-0.2, -0.15) is 9.97 Å². The number of carbonyl (C=O) groups excluding carboxylic acids is 1. The largest absolute Gasteiger partial charge is 0.476 e. The maximum atomic E-state index is 11.0. The third-order valence-electron chi connectivity index (χ3n) is 3.25. The Hall–Kier alpha value is -2.55. The van der Waals surface area contributed by atoms with Crippen LogP contribution in [0.2, 0.25) is 0 Å². The van der Waals surface area contributed by atoms with Crippen LogP contribution in [0.15, 0.2) is 6.20 Å². The minimum absolute atomic E-state index is 0.0323. The second kappa shape index (κ2) is 7.82. The molecule has 2 rings (SSSR count). The van der Waals surface area contributed by atoms with Crippen LogP contribution in [-0.4, -0.2) is 43.7 Å². The smallest absolute Gasteiger partial charge is 0.302 e. The molecule has 0 fully saturated rings. The lowest BCUT2D eigenvalue weighted by atomic mass is 10.1. The fourth-order valence-electron chi connectivity index (χ4n) is 2.04. The molecule has 2 aromatic rings. The fraction of sp³-hybridized carbons (Fsp3) is 0.533. The van der Waals surface area contributed by atoms with Gasteiger partial charge in [0.1, 0.15) is 12.2 Å². The summed E-state index contributed by atoms with van der Waals surface area (Å²) in [6.07, 6.45) is 1.27. The summed E-state index contributed by atoms with van der Waals surface area (Å²) in [5, 5.41) is 10.3. The lowest BCUT2D eigenvalue weighted by Crippen LogP contribution is -2.22. The lowest BCUT2D eigenvalue weighted by Gasteiger charge is -2.18.